The largest absolute Gasteiger partial charge is 0.479 e. The van der Waals surface area contributed by atoms with Crippen LogP contribution in [0.25, 0.3) is 0 Å². The molecule has 0 spiro atoms. The van der Waals surface area contributed by atoms with Crippen molar-refractivity contribution >= 4 is 5.97 Å². The minimum atomic E-state index is -4.44. The van der Waals surface area contributed by atoms with Gasteiger partial charge in [-0.15, -0.1) is 0 Å². The molecule has 2 aromatic carbocycles. The maximum atomic E-state index is 13.1. The molecular formula is C24H30F3NO5. The van der Waals surface area contributed by atoms with Crippen molar-refractivity contribution in [3.8, 4) is 5.75 Å². The van der Waals surface area contributed by atoms with Crippen LogP contribution in [0, 0.1) is 0 Å². The van der Waals surface area contributed by atoms with Crippen molar-refractivity contribution in [2.24, 2.45) is 0 Å². The summed E-state index contributed by atoms with van der Waals surface area (Å²) >= 11 is 0. The molecule has 0 saturated carbocycles. The maximum absolute atomic E-state index is 13.1. The standard InChI is InChI=1S/C24H30F3NO5/c1-16(13-18-7-9-21(10-8-18)33-17(2)23(30)31-3)28-15-22(32-12-11-29)19-5-4-6-20(14-19)24(25,26)27/h4-10,14,16-17,22,28-29H,11-13,15H2,1-3H3. The Labute approximate surface area is 191 Å². The van der Waals surface area contributed by atoms with E-state index in [1.165, 1.54) is 13.2 Å². The summed E-state index contributed by atoms with van der Waals surface area (Å²) in [7, 11) is 1.30. The van der Waals surface area contributed by atoms with E-state index in [2.05, 4.69) is 10.1 Å². The number of halogens is 3. The maximum Gasteiger partial charge on any atom is 0.416 e. The molecule has 0 amide bonds. The van der Waals surface area contributed by atoms with E-state index < -0.39 is 29.9 Å². The summed E-state index contributed by atoms with van der Waals surface area (Å²) in [4.78, 5) is 11.5. The van der Waals surface area contributed by atoms with E-state index in [1.807, 2.05) is 19.1 Å². The highest BCUT2D eigenvalue weighted by atomic mass is 19.4. The van der Waals surface area contributed by atoms with E-state index in [-0.39, 0.29) is 25.8 Å². The lowest BCUT2D eigenvalue weighted by molar-refractivity contribution is -0.148. The van der Waals surface area contributed by atoms with Crippen LogP contribution < -0.4 is 10.1 Å². The predicted molar refractivity (Wildman–Crippen MR) is 117 cm³/mol. The van der Waals surface area contributed by atoms with Crippen molar-refractivity contribution in [2.45, 2.75) is 44.7 Å². The average Bonchev–Trinajstić information content (AvgIpc) is 2.79. The van der Waals surface area contributed by atoms with Crippen LogP contribution in [0.15, 0.2) is 48.5 Å². The number of hydrogen-bond acceptors (Lipinski definition) is 6. The third kappa shape index (κ3) is 8.68. The van der Waals surface area contributed by atoms with Crippen molar-refractivity contribution in [2.75, 3.05) is 26.9 Å². The molecule has 0 aromatic heterocycles. The van der Waals surface area contributed by atoms with Gasteiger partial charge in [-0.3, -0.25) is 0 Å². The van der Waals surface area contributed by atoms with Crippen LogP contribution in [0.4, 0.5) is 13.2 Å². The molecule has 0 fully saturated rings. The molecule has 0 heterocycles. The molecule has 0 radical (unpaired) electrons. The second-order valence-corrected chi connectivity index (χ2v) is 7.65. The fourth-order valence-electron chi connectivity index (χ4n) is 3.24. The first-order valence-corrected chi connectivity index (χ1v) is 10.6. The SMILES string of the molecule is COC(=O)C(C)Oc1ccc(CC(C)NCC(OCCO)c2cccc(C(F)(F)F)c2)cc1. The first kappa shape index (κ1) is 26.6. The van der Waals surface area contributed by atoms with Gasteiger partial charge in [0.25, 0.3) is 0 Å². The van der Waals surface area contributed by atoms with Gasteiger partial charge in [-0.1, -0.05) is 24.3 Å². The fourth-order valence-corrected chi connectivity index (χ4v) is 3.24. The molecule has 3 atom stereocenters. The molecule has 2 aromatic rings. The Hall–Kier alpha value is -2.62. The number of nitrogens with one attached hydrogen (secondary N) is 1. The minimum absolute atomic E-state index is 0.00298. The van der Waals surface area contributed by atoms with Gasteiger partial charge in [-0.05, 0) is 55.7 Å². The topological polar surface area (TPSA) is 77.0 Å². The number of ether oxygens (including phenoxy) is 3. The predicted octanol–water partition coefficient (Wildman–Crippen LogP) is 3.92. The summed E-state index contributed by atoms with van der Waals surface area (Å²) in [5.41, 5.74) is 0.661. The Kier molecular flexibility index (Phi) is 10.1. The van der Waals surface area contributed by atoms with Crippen LogP contribution in [0.1, 0.15) is 36.6 Å². The van der Waals surface area contributed by atoms with Gasteiger partial charge < -0.3 is 24.6 Å². The van der Waals surface area contributed by atoms with Crippen molar-refractivity contribution in [1.29, 1.82) is 0 Å². The van der Waals surface area contributed by atoms with Gasteiger partial charge in [-0.25, -0.2) is 4.79 Å². The molecule has 0 bridgehead atoms. The molecule has 0 aliphatic carbocycles. The Balaban J connectivity index is 1.96. The van der Waals surface area contributed by atoms with Gasteiger partial charge >= 0.3 is 12.1 Å². The number of aliphatic hydroxyl groups excluding tert-OH is 1. The smallest absolute Gasteiger partial charge is 0.416 e. The van der Waals surface area contributed by atoms with Crippen molar-refractivity contribution < 1.29 is 37.3 Å². The van der Waals surface area contributed by atoms with Crippen LogP contribution in [0.3, 0.4) is 0 Å². The molecule has 33 heavy (non-hydrogen) atoms. The van der Waals surface area contributed by atoms with E-state index >= 15 is 0 Å². The Bertz CT molecular complexity index is 873. The average molecular weight is 470 g/mol. The molecule has 0 aliphatic heterocycles. The number of esters is 1. The first-order chi connectivity index (χ1) is 15.6. The lowest BCUT2D eigenvalue weighted by atomic mass is 10.0. The Morgan fingerprint density at radius 2 is 1.82 bits per heavy atom. The number of carbonyl (C=O) groups is 1. The zero-order chi connectivity index (χ0) is 24.4. The summed E-state index contributed by atoms with van der Waals surface area (Å²) in [6, 6.07) is 12.3. The number of carbonyl (C=O) groups excluding carboxylic acids is 1. The molecule has 2 N–H and O–H groups in total. The molecule has 6 nitrogen and oxygen atoms in total. The summed E-state index contributed by atoms with van der Waals surface area (Å²) in [5.74, 6) is 0.0786. The fraction of sp³-hybridized carbons (Fsp3) is 0.458. The first-order valence-electron chi connectivity index (χ1n) is 10.6. The van der Waals surface area contributed by atoms with Gasteiger partial charge in [0, 0.05) is 12.6 Å². The highest BCUT2D eigenvalue weighted by Crippen LogP contribution is 2.31. The van der Waals surface area contributed by atoms with Crippen LogP contribution in [0.2, 0.25) is 0 Å². The molecule has 0 aliphatic rings. The molecule has 3 unspecified atom stereocenters. The third-order valence-electron chi connectivity index (χ3n) is 4.96. The van der Waals surface area contributed by atoms with Crippen LogP contribution >= 0.6 is 0 Å². The van der Waals surface area contributed by atoms with Gasteiger partial charge in [-0.2, -0.15) is 13.2 Å². The van der Waals surface area contributed by atoms with Crippen LogP contribution in [-0.2, 0) is 26.9 Å². The third-order valence-corrected chi connectivity index (χ3v) is 4.96. The minimum Gasteiger partial charge on any atom is -0.479 e. The molecular weight excluding hydrogens is 439 g/mol. The monoisotopic (exact) mass is 469 g/mol. The number of hydrogen-bond donors (Lipinski definition) is 2. The summed E-state index contributed by atoms with van der Waals surface area (Å²) in [6.45, 7) is 3.63. The number of aliphatic hydroxyl groups is 1. The second-order valence-electron chi connectivity index (χ2n) is 7.65. The van der Waals surface area contributed by atoms with Crippen LogP contribution in [-0.4, -0.2) is 50.1 Å². The van der Waals surface area contributed by atoms with Crippen LogP contribution in [0.5, 0.6) is 5.75 Å². The summed E-state index contributed by atoms with van der Waals surface area (Å²) < 4.78 is 54.9. The van der Waals surface area contributed by atoms with E-state index in [0.29, 0.717) is 17.7 Å². The Morgan fingerprint density at radius 3 is 2.42 bits per heavy atom. The highest BCUT2D eigenvalue weighted by Gasteiger charge is 2.31. The molecule has 182 valence electrons. The van der Waals surface area contributed by atoms with E-state index in [1.54, 1.807) is 25.1 Å². The van der Waals surface area contributed by atoms with Gasteiger partial charge in [0.1, 0.15) is 5.75 Å². The second kappa shape index (κ2) is 12.6. The molecule has 0 saturated heterocycles. The lowest BCUT2D eigenvalue weighted by Crippen LogP contribution is -2.33. The van der Waals surface area contributed by atoms with Crippen molar-refractivity contribution in [3.05, 3.63) is 65.2 Å². The van der Waals surface area contributed by atoms with E-state index in [0.717, 1.165) is 17.7 Å². The van der Waals surface area contributed by atoms with E-state index in [9.17, 15) is 18.0 Å². The van der Waals surface area contributed by atoms with Gasteiger partial charge in [0.05, 0.1) is 32.0 Å². The number of rotatable bonds is 12. The lowest BCUT2D eigenvalue weighted by Gasteiger charge is -2.22. The Morgan fingerprint density at radius 1 is 1.12 bits per heavy atom. The number of methoxy groups -OCH3 is 1. The quantitative estimate of drug-likeness (QED) is 0.459. The number of benzene rings is 2. The zero-order valence-electron chi connectivity index (χ0n) is 18.9. The van der Waals surface area contributed by atoms with Crippen molar-refractivity contribution in [3.63, 3.8) is 0 Å². The number of alkyl halides is 3. The summed E-state index contributed by atoms with van der Waals surface area (Å²) in [6.07, 6.45) is -5.14. The molecule has 2 rings (SSSR count). The zero-order valence-corrected chi connectivity index (χ0v) is 18.9. The van der Waals surface area contributed by atoms with Gasteiger partial charge in [0.15, 0.2) is 6.10 Å². The normalized spacial score (nSPS) is 14.4. The highest BCUT2D eigenvalue weighted by molar-refractivity contribution is 5.74. The molecule has 9 heteroatoms. The van der Waals surface area contributed by atoms with Gasteiger partial charge in [0.2, 0.25) is 0 Å². The summed E-state index contributed by atoms with van der Waals surface area (Å²) in [5, 5.41) is 12.4. The van der Waals surface area contributed by atoms with Crippen molar-refractivity contribution in [1.82, 2.24) is 5.32 Å². The van der Waals surface area contributed by atoms with E-state index in [4.69, 9.17) is 14.6 Å².